The highest BCUT2D eigenvalue weighted by molar-refractivity contribution is 6.01. The van der Waals surface area contributed by atoms with Gasteiger partial charge in [-0.3, -0.25) is 9.48 Å². The minimum absolute atomic E-state index is 0.0776. The summed E-state index contributed by atoms with van der Waals surface area (Å²) in [7, 11) is 1.86. The summed E-state index contributed by atoms with van der Waals surface area (Å²) in [5.74, 6) is 0.0776. The van der Waals surface area contributed by atoms with Crippen LogP contribution in [0.2, 0.25) is 0 Å². The van der Waals surface area contributed by atoms with Crippen LogP contribution in [0.25, 0.3) is 11.0 Å². The number of carbonyl (C=O) groups is 1. The first-order valence-corrected chi connectivity index (χ1v) is 8.07. The number of aromatic nitrogens is 3. The summed E-state index contributed by atoms with van der Waals surface area (Å²) >= 11 is 0. The summed E-state index contributed by atoms with van der Waals surface area (Å²) in [5, 5.41) is 8.47. The molecule has 2 aromatic heterocycles. The van der Waals surface area contributed by atoms with Crippen molar-refractivity contribution in [2.45, 2.75) is 19.4 Å². The Kier molecular flexibility index (Phi) is 3.45. The summed E-state index contributed by atoms with van der Waals surface area (Å²) < 4.78 is 1.73. The molecule has 0 fully saturated rings. The van der Waals surface area contributed by atoms with Gasteiger partial charge in [0.1, 0.15) is 6.04 Å². The van der Waals surface area contributed by atoms with E-state index < -0.39 is 0 Å². The number of anilines is 2. The molecule has 1 atom stereocenters. The van der Waals surface area contributed by atoms with Crippen LogP contribution in [-0.4, -0.2) is 33.3 Å². The van der Waals surface area contributed by atoms with Gasteiger partial charge >= 0.3 is 0 Å². The lowest BCUT2D eigenvalue weighted by Crippen LogP contribution is -2.40. The standard InChI is InChI=1S/C18H19N5O/c1-12(18(24)23-10-8-13-5-3-4-6-16(13)23)21-15-7-9-19-17-14(15)11-20-22(17)2/h3-7,9,11-12H,8,10H2,1-2H3,(H,19,21). The van der Waals surface area contributed by atoms with Crippen molar-refractivity contribution in [3.8, 4) is 0 Å². The average molecular weight is 321 g/mol. The van der Waals surface area contributed by atoms with Gasteiger partial charge in [-0.15, -0.1) is 0 Å². The zero-order valence-electron chi connectivity index (χ0n) is 13.7. The van der Waals surface area contributed by atoms with Gasteiger partial charge in [-0.2, -0.15) is 5.10 Å². The number of nitrogens with one attached hydrogen (secondary N) is 1. The Labute approximate surface area is 140 Å². The normalized spacial score (nSPS) is 14.7. The SMILES string of the molecule is CC(Nc1ccnc2c1cnn2C)C(=O)N1CCc2ccccc21. The molecule has 1 aliphatic rings. The van der Waals surface area contributed by atoms with Crippen molar-refractivity contribution in [2.75, 3.05) is 16.8 Å². The number of hydrogen-bond donors (Lipinski definition) is 1. The van der Waals surface area contributed by atoms with Gasteiger partial charge in [0.2, 0.25) is 5.91 Å². The molecule has 3 aromatic rings. The topological polar surface area (TPSA) is 63.1 Å². The minimum atomic E-state index is -0.332. The molecule has 1 unspecified atom stereocenters. The van der Waals surface area contributed by atoms with E-state index in [0.29, 0.717) is 0 Å². The molecule has 1 aromatic carbocycles. The third kappa shape index (κ3) is 2.31. The molecular formula is C18H19N5O. The Hall–Kier alpha value is -2.89. The molecule has 1 N–H and O–H groups in total. The largest absolute Gasteiger partial charge is 0.373 e. The number of fused-ring (bicyclic) bond motifs is 2. The van der Waals surface area contributed by atoms with Gasteiger partial charge in [0.05, 0.1) is 11.6 Å². The Morgan fingerprint density at radius 1 is 1.29 bits per heavy atom. The van der Waals surface area contributed by atoms with Crippen molar-refractivity contribution >= 4 is 28.3 Å². The molecular weight excluding hydrogens is 302 g/mol. The van der Waals surface area contributed by atoms with E-state index in [1.54, 1.807) is 17.1 Å². The highest BCUT2D eigenvalue weighted by atomic mass is 16.2. The van der Waals surface area contributed by atoms with Gasteiger partial charge < -0.3 is 10.2 Å². The molecule has 3 heterocycles. The number of nitrogens with zero attached hydrogens (tertiary/aromatic N) is 4. The quantitative estimate of drug-likeness (QED) is 0.804. The van der Waals surface area contributed by atoms with E-state index in [0.717, 1.165) is 35.4 Å². The smallest absolute Gasteiger partial charge is 0.249 e. The second kappa shape index (κ2) is 5.63. The molecule has 24 heavy (non-hydrogen) atoms. The molecule has 1 aliphatic heterocycles. The van der Waals surface area contributed by atoms with Crippen molar-refractivity contribution in [1.82, 2.24) is 14.8 Å². The summed E-state index contributed by atoms with van der Waals surface area (Å²) in [6.07, 6.45) is 4.42. The number of benzene rings is 1. The van der Waals surface area contributed by atoms with Gasteiger partial charge in [-0.25, -0.2) is 4.98 Å². The fourth-order valence-electron chi connectivity index (χ4n) is 3.27. The number of pyridine rings is 1. The highest BCUT2D eigenvalue weighted by Gasteiger charge is 2.27. The fourth-order valence-corrected chi connectivity index (χ4v) is 3.27. The van der Waals surface area contributed by atoms with Crippen molar-refractivity contribution in [1.29, 1.82) is 0 Å². The molecule has 0 saturated carbocycles. The number of amides is 1. The van der Waals surface area contributed by atoms with Crippen LogP contribution in [0.4, 0.5) is 11.4 Å². The lowest BCUT2D eigenvalue weighted by molar-refractivity contribution is -0.118. The predicted octanol–water partition coefficient (Wildman–Crippen LogP) is 2.36. The summed E-state index contributed by atoms with van der Waals surface area (Å²) in [6.45, 7) is 2.63. The van der Waals surface area contributed by atoms with Crippen molar-refractivity contribution in [2.24, 2.45) is 7.05 Å². The van der Waals surface area contributed by atoms with E-state index >= 15 is 0 Å². The van der Waals surface area contributed by atoms with Crippen molar-refractivity contribution in [3.05, 3.63) is 48.3 Å². The number of carbonyl (C=O) groups excluding carboxylic acids is 1. The first-order valence-electron chi connectivity index (χ1n) is 8.07. The lowest BCUT2D eigenvalue weighted by atomic mass is 10.2. The van der Waals surface area contributed by atoms with E-state index in [1.807, 2.05) is 43.1 Å². The van der Waals surface area contributed by atoms with E-state index in [-0.39, 0.29) is 11.9 Å². The first kappa shape index (κ1) is 14.7. The third-order valence-electron chi connectivity index (χ3n) is 4.53. The van der Waals surface area contributed by atoms with E-state index in [4.69, 9.17) is 0 Å². The van der Waals surface area contributed by atoms with E-state index in [2.05, 4.69) is 21.5 Å². The Morgan fingerprint density at radius 3 is 3.00 bits per heavy atom. The van der Waals surface area contributed by atoms with E-state index in [9.17, 15) is 4.79 Å². The van der Waals surface area contributed by atoms with Crippen LogP contribution in [0, 0.1) is 0 Å². The Morgan fingerprint density at radius 2 is 2.12 bits per heavy atom. The minimum Gasteiger partial charge on any atom is -0.373 e. The van der Waals surface area contributed by atoms with Crippen molar-refractivity contribution in [3.63, 3.8) is 0 Å². The predicted molar refractivity (Wildman–Crippen MR) is 94.1 cm³/mol. The van der Waals surface area contributed by atoms with Gasteiger partial charge in [0.15, 0.2) is 5.65 Å². The number of rotatable bonds is 3. The molecule has 0 saturated heterocycles. The van der Waals surface area contributed by atoms with Gasteiger partial charge in [-0.1, -0.05) is 18.2 Å². The lowest BCUT2D eigenvalue weighted by Gasteiger charge is -2.23. The summed E-state index contributed by atoms with van der Waals surface area (Å²) in [6, 6.07) is 9.64. The summed E-state index contributed by atoms with van der Waals surface area (Å²) in [4.78, 5) is 19.1. The van der Waals surface area contributed by atoms with Crippen LogP contribution in [0.3, 0.4) is 0 Å². The second-order valence-corrected chi connectivity index (χ2v) is 6.10. The Balaban J connectivity index is 1.58. The highest BCUT2D eigenvalue weighted by Crippen LogP contribution is 2.28. The molecule has 6 nitrogen and oxygen atoms in total. The zero-order valence-corrected chi connectivity index (χ0v) is 13.7. The maximum absolute atomic E-state index is 12.9. The van der Waals surface area contributed by atoms with Gasteiger partial charge in [-0.05, 0) is 31.0 Å². The van der Waals surface area contributed by atoms with Gasteiger partial charge in [0.25, 0.3) is 0 Å². The molecule has 0 aliphatic carbocycles. The molecule has 1 amide bonds. The van der Waals surface area contributed by atoms with Crippen LogP contribution >= 0.6 is 0 Å². The number of para-hydroxylation sites is 1. The van der Waals surface area contributed by atoms with Crippen LogP contribution in [0.15, 0.2) is 42.7 Å². The number of aryl methyl sites for hydroxylation is 1. The van der Waals surface area contributed by atoms with Crippen LogP contribution in [-0.2, 0) is 18.3 Å². The molecule has 0 spiro atoms. The van der Waals surface area contributed by atoms with Crippen molar-refractivity contribution < 1.29 is 4.79 Å². The first-order chi connectivity index (χ1) is 11.6. The van der Waals surface area contributed by atoms with Crippen LogP contribution < -0.4 is 10.2 Å². The molecule has 0 bridgehead atoms. The summed E-state index contributed by atoms with van der Waals surface area (Å²) in [5.41, 5.74) is 3.93. The molecule has 6 heteroatoms. The fraction of sp³-hybridized carbons (Fsp3) is 0.278. The zero-order chi connectivity index (χ0) is 16.7. The third-order valence-corrected chi connectivity index (χ3v) is 4.53. The second-order valence-electron chi connectivity index (χ2n) is 6.10. The maximum Gasteiger partial charge on any atom is 0.249 e. The van der Waals surface area contributed by atoms with Crippen LogP contribution in [0.5, 0.6) is 0 Å². The monoisotopic (exact) mass is 321 g/mol. The van der Waals surface area contributed by atoms with Gasteiger partial charge in [0, 0.05) is 31.2 Å². The van der Waals surface area contributed by atoms with E-state index in [1.165, 1.54) is 5.56 Å². The molecule has 0 radical (unpaired) electrons. The molecule has 4 rings (SSSR count). The molecule has 122 valence electrons. The number of hydrogen-bond acceptors (Lipinski definition) is 4. The van der Waals surface area contributed by atoms with Crippen LogP contribution in [0.1, 0.15) is 12.5 Å². The maximum atomic E-state index is 12.9. The average Bonchev–Trinajstić information content (AvgIpc) is 3.19. The Bertz CT molecular complexity index is 917.